The summed E-state index contributed by atoms with van der Waals surface area (Å²) in [4.78, 5) is 0. The maximum atomic E-state index is 4.69. The van der Waals surface area contributed by atoms with Crippen LogP contribution in [0.25, 0.3) is 0 Å². The van der Waals surface area contributed by atoms with Crippen LogP contribution >= 0.6 is 0 Å². The van der Waals surface area contributed by atoms with Gasteiger partial charge in [0.1, 0.15) is 0 Å². The summed E-state index contributed by atoms with van der Waals surface area (Å²) >= 11 is 0. The molecule has 0 spiro atoms. The Morgan fingerprint density at radius 1 is 0.667 bits per heavy atom. The molecule has 0 amide bonds. The van der Waals surface area contributed by atoms with Crippen molar-refractivity contribution in [2.45, 2.75) is 26.7 Å². The van der Waals surface area contributed by atoms with E-state index >= 15 is 0 Å². The molecule has 0 aliphatic carbocycles. The molecular formula is C24H24N6. The molecule has 2 N–H and O–H groups in total. The first-order valence-corrected chi connectivity index (χ1v) is 9.93. The number of rotatable bonds is 7. The Bertz CT molecular complexity index is 1060. The van der Waals surface area contributed by atoms with Gasteiger partial charge in [-0.05, 0) is 37.1 Å². The zero-order valence-corrected chi connectivity index (χ0v) is 17.1. The molecule has 4 rings (SSSR count). The molecule has 2 aromatic carbocycles. The van der Waals surface area contributed by atoms with Gasteiger partial charge in [-0.1, -0.05) is 60.7 Å². The van der Waals surface area contributed by atoms with Gasteiger partial charge in [-0.3, -0.25) is 10.2 Å². The van der Waals surface area contributed by atoms with E-state index in [1.807, 2.05) is 86.6 Å². The summed E-state index contributed by atoms with van der Waals surface area (Å²) in [6, 6.07) is 24.3. The van der Waals surface area contributed by atoms with Crippen molar-refractivity contribution in [2.75, 3.05) is 0 Å². The first-order valence-electron chi connectivity index (χ1n) is 9.93. The molecule has 0 aliphatic heterocycles. The third-order valence-electron chi connectivity index (χ3n) is 4.72. The molecule has 30 heavy (non-hydrogen) atoms. The highest BCUT2D eigenvalue weighted by Gasteiger charge is 2.10. The molecule has 6 nitrogen and oxygen atoms in total. The number of aryl methyl sites for hydroxylation is 2. The third kappa shape index (κ3) is 4.97. The van der Waals surface area contributed by atoms with Gasteiger partial charge >= 0.3 is 0 Å². The summed E-state index contributed by atoms with van der Waals surface area (Å²) in [6.07, 6.45) is 1.20. The van der Waals surface area contributed by atoms with Crippen molar-refractivity contribution < 1.29 is 0 Å². The predicted octanol–water partition coefficient (Wildman–Crippen LogP) is 4.43. The monoisotopic (exact) mass is 396 g/mol. The van der Waals surface area contributed by atoms with Gasteiger partial charge in [0.2, 0.25) is 0 Å². The minimum absolute atomic E-state index is 0.599. The Morgan fingerprint density at radius 3 is 1.40 bits per heavy atom. The molecule has 4 aromatic rings. The second kappa shape index (κ2) is 9.13. The maximum Gasteiger partial charge on any atom is 0.0763 e. The van der Waals surface area contributed by atoms with Gasteiger partial charge in [0.15, 0.2) is 0 Å². The van der Waals surface area contributed by atoms with Crippen molar-refractivity contribution in [1.82, 2.24) is 20.4 Å². The molecule has 0 bridgehead atoms. The topological polar surface area (TPSA) is 82.1 Å². The summed E-state index contributed by atoms with van der Waals surface area (Å²) in [5, 5.41) is 24.1. The van der Waals surface area contributed by atoms with Crippen molar-refractivity contribution in [2.24, 2.45) is 10.2 Å². The summed E-state index contributed by atoms with van der Waals surface area (Å²) in [5.74, 6) is 0. The van der Waals surface area contributed by atoms with Gasteiger partial charge in [0.05, 0.1) is 22.8 Å². The Labute approximate surface area is 175 Å². The minimum Gasteiger partial charge on any atom is -0.283 e. The number of H-pyrrole nitrogens is 2. The van der Waals surface area contributed by atoms with E-state index in [0.29, 0.717) is 12.8 Å². The van der Waals surface area contributed by atoms with Gasteiger partial charge in [0, 0.05) is 24.2 Å². The van der Waals surface area contributed by atoms with Crippen LogP contribution in [0.3, 0.4) is 0 Å². The van der Waals surface area contributed by atoms with Crippen molar-refractivity contribution in [3.8, 4) is 0 Å². The lowest BCUT2D eigenvalue weighted by Crippen LogP contribution is -2.09. The van der Waals surface area contributed by atoms with Crippen LogP contribution in [-0.2, 0) is 12.8 Å². The molecule has 6 heteroatoms. The fourth-order valence-electron chi connectivity index (χ4n) is 3.25. The fourth-order valence-corrected chi connectivity index (χ4v) is 3.25. The quantitative estimate of drug-likeness (QED) is 0.358. The summed E-state index contributed by atoms with van der Waals surface area (Å²) in [5.41, 5.74) is 7.74. The van der Waals surface area contributed by atoms with E-state index in [9.17, 15) is 0 Å². The van der Waals surface area contributed by atoms with Crippen molar-refractivity contribution in [3.05, 3.63) is 107 Å². The molecule has 0 saturated heterocycles. The van der Waals surface area contributed by atoms with Crippen LogP contribution in [0.15, 0.2) is 83.0 Å². The van der Waals surface area contributed by atoms with Crippen LogP contribution in [0, 0.1) is 13.8 Å². The van der Waals surface area contributed by atoms with Crippen molar-refractivity contribution >= 4 is 11.4 Å². The Hall–Kier alpha value is -3.80. The van der Waals surface area contributed by atoms with Gasteiger partial charge in [-0.15, -0.1) is 0 Å². The predicted molar refractivity (Wildman–Crippen MR) is 120 cm³/mol. The summed E-state index contributed by atoms with van der Waals surface area (Å²) in [7, 11) is 0. The highest BCUT2D eigenvalue weighted by atomic mass is 15.2. The van der Waals surface area contributed by atoms with Crippen molar-refractivity contribution in [1.29, 1.82) is 0 Å². The van der Waals surface area contributed by atoms with Crippen LogP contribution in [0.5, 0.6) is 0 Å². The standard InChI is InChI=1S/C24H24N6/c1-17-13-21(27-25-17)15-23(19-9-5-3-6-10-19)29-30-24(20-11-7-4-8-12-20)16-22-14-18(2)26-28-22/h3-14H,15-16H2,1-2H3,(H,25,27)(H,26,28)/b29-23-,30-24-. The number of hydrogen-bond acceptors (Lipinski definition) is 4. The number of hydrogen-bond donors (Lipinski definition) is 2. The van der Waals surface area contributed by atoms with E-state index in [1.54, 1.807) is 0 Å². The van der Waals surface area contributed by atoms with E-state index < -0.39 is 0 Å². The molecule has 0 unspecified atom stereocenters. The zero-order chi connectivity index (χ0) is 20.8. The van der Waals surface area contributed by atoms with Gasteiger partial charge in [-0.2, -0.15) is 20.4 Å². The van der Waals surface area contributed by atoms with Crippen LogP contribution < -0.4 is 0 Å². The lowest BCUT2D eigenvalue weighted by atomic mass is 10.1. The van der Waals surface area contributed by atoms with E-state index in [2.05, 4.69) is 20.4 Å². The molecule has 0 aliphatic rings. The van der Waals surface area contributed by atoms with Crippen LogP contribution in [0.2, 0.25) is 0 Å². The third-order valence-corrected chi connectivity index (χ3v) is 4.72. The van der Waals surface area contributed by atoms with Gasteiger partial charge in [-0.25, -0.2) is 0 Å². The Morgan fingerprint density at radius 2 is 1.07 bits per heavy atom. The molecule has 0 atom stereocenters. The van der Waals surface area contributed by atoms with Crippen molar-refractivity contribution in [3.63, 3.8) is 0 Å². The number of nitrogens with one attached hydrogen (secondary N) is 2. The SMILES string of the molecule is Cc1cc(C/C(=N/N=C(/Cc2cc(C)[nH]n2)c2ccccc2)c2ccccc2)n[nH]1. The first-order chi connectivity index (χ1) is 14.7. The molecule has 0 saturated carbocycles. The van der Waals surface area contributed by atoms with E-state index in [1.165, 1.54) is 0 Å². The van der Waals surface area contributed by atoms with Gasteiger partial charge in [0.25, 0.3) is 0 Å². The highest BCUT2D eigenvalue weighted by Crippen LogP contribution is 2.12. The van der Waals surface area contributed by atoms with E-state index in [0.717, 1.165) is 45.3 Å². The largest absolute Gasteiger partial charge is 0.283 e. The van der Waals surface area contributed by atoms with Gasteiger partial charge < -0.3 is 0 Å². The van der Waals surface area contributed by atoms with Crippen LogP contribution in [0.1, 0.15) is 33.9 Å². The zero-order valence-electron chi connectivity index (χ0n) is 17.1. The number of aromatic nitrogens is 4. The lowest BCUT2D eigenvalue weighted by molar-refractivity contribution is 0.992. The maximum absolute atomic E-state index is 4.69. The fraction of sp³-hybridized carbons (Fsp3) is 0.167. The normalized spacial score (nSPS) is 12.3. The van der Waals surface area contributed by atoms with E-state index in [-0.39, 0.29) is 0 Å². The molecule has 2 aromatic heterocycles. The molecule has 0 fully saturated rings. The summed E-state index contributed by atoms with van der Waals surface area (Å²) in [6.45, 7) is 3.99. The lowest BCUT2D eigenvalue weighted by Gasteiger charge is -2.06. The first kappa shape index (κ1) is 19.5. The Kier molecular flexibility index (Phi) is 5.94. The van der Waals surface area contributed by atoms with Crippen LogP contribution in [-0.4, -0.2) is 31.8 Å². The molecular weight excluding hydrogens is 372 g/mol. The Balaban J connectivity index is 1.72. The molecule has 0 radical (unpaired) electrons. The second-order valence-corrected chi connectivity index (χ2v) is 7.26. The summed E-state index contributed by atoms with van der Waals surface area (Å²) < 4.78 is 0. The average Bonchev–Trinajstić information content (AvgIpc) is 3.38. The average molecular weight is 396 g/mol. The number of benzene rings is 2. The molecule has 2 heterocycles. The van der Waals surface area contributed by atoms with E-state index in [4.69, 9.17) is 10.2 Å². The molecule has 150 valence electrons. The minimum atomic E-state index is 0.599. The van der Waals surface area contributed by atoms with Crippen LogP contribution in [0.4, 0.5) is 0 Å². The number of nitrogens with zero attached hydrogens (tertiary/aromatic N) is 4. The highest BCUT2D eigenvalue weighted by molar-refractivity contribution is 6.04. The number of aromatic amines is 2. The second-order valence-electron chi connectivity index (χ2n) is 7.26. The smallest absolute Gasteiger partial charge is 0.0763 e.